The van der Waals surface area contributed by atoms with Crippen LogP contribution in [-0.4, -0.2) is 29.6 Å². The van der Waals surface area contributed by atoms with Crippen LogP contribution in [0.25, 0.3) is 0 Å². The highest BCUT2D eigenvalue weighted by Gasteiger charge is 2.14. The number of aliphatic carboxylic acids is 1. The summed E-state index contributed by atoms with van der Waals surface area (Å²) in [5.74, 6) is -1.07. The van der Waals surface area contributed by atoms with Crippen LogP contribution in [0.15, 0.2) is 18.2 Å². The molecule has 0 aliphatic rings. The third-order valence-electron chi connectivity index (χ3n) is 2.25. The molecule has 0 spiro atoms. The van der Waals surface area contributed by atoms with Gasteiger partial charge in [-0.3, -0.25) is 9.59 Å². The molecule has 0 fully saturated rings. The minimum Gasteiger partial charge on any atom is -0.484 e. The molecule has 18 heavy (non-hydrogen) atoms. The van der Waals surface area contributed by atoms with Crippen LogP contribution in [0.2, 0.25) is 5.02 Å². The Kier molecular flexibility index (Phi) is 4.97. The Morgan fingerprint density at radius 3 is 2.72 bits per heavy atom. The smallest absolute Gasteiger partial charge is 0.325 e. The van der Waals surface area contributed by atoms with Gasteiger partial charge < -0.3 is 15.2 Å². The van der Waals surface area contributed by atoms with E-state index in [0.717, 1.165) is 5.56 Å². The highest BCUT2D eigenvalue weighted by atomic mass is 35.5. The molecular formula is C12H14ClNO4. The molecule has 0 aliphatic carbocycles. The fourth-order valence-corrected chi connectivity index (χ4v) is 1.32. The van der Waals surface area contributed by atoms with Crippen LogP contribution in [0.3, 0.4) is 0 Å². The minimum atomic E-state index is -1.09. The van der Waals surface area contributed by atoms with Crippen LogP contribution in [0.4, 0.5) is 0 Å². The molecular weight excluding hydrogens is 258 g/mol. The van der Waals surface area contributed by atoms with E-state index in [0.29, 0.717) is 10.8 Å². The second-order valence-corrected chi connectivity index (χ2v) is 4.23. The Morgan fingerprint density at radius 1 is 1.50 bits per heavy atom. The van der Waals surface area contributed by atoms with Gasteiger partial charge in [-0.1, -0.05) is 11.6 Å². The van der Waals surface area contributed by atoms with Crippen molar-refractivity contribution in [3.8, 4) is 5.75 Å². The molecule has 2 N–H and O–H groups in total. The van der Waals surface area contributed by atoms with E-state index in [9.17, 15) is 9.59 Å². The Balaban J connectivity index is 2.47. The number of benzene rings is 1. The molecule has 1 amide bonds. The van der Waals surface area contributed by atoms with Gasteiger partial charge in [0.1, 0.15) is 11.8 Å². The van der Waals surface area contributed by atoms with Crippen LogP contribution in [0.5, 0.6) is 5.75 Å². The molecule has 1 aromatic carbocycles. The average molecular weight is 272 g/mol. The van der Waals surface area contributed by atoms with Crippen molar-refractivity contribution in [2.45, 2.75) is 19.9 Å². The van der Waals surface area contributed by atoms with Crippen molar-refractivity contribution in [1.82, 2.24) is 5.32 Å². The van der Waals surface area contributed by atoms with Crippen LogP contribution in [0.1, 0.15) is 12.5 Å². The van der Waals surface area contributed by atoms with Gasteiger partial charge in [0.05, 0.1) is 0 Å². The summed E-state index contributed by atoms with van der Waals surface area (Å²) >= 11 is 5.85. The number of halogens is 1. The van der Waals surface area contributed by atoms with Crippen LogP contribution < -0.4 is 10.1 Å². The Hall–Kier alpha value is -1.75. The van der Waals surface area contributed by atoms with E-state index in [4.69, 9.17) is 21.4 Å². The van der Waals surface area contributed by atoms with E-state index in [2.05, 4.69) is 5.32 Å². The summed E-state index contributed by atoms with van der Waals surface area (Å²) in [4.78, 5) is 21.9. The molecule has 0 saturated carbocycles. The third-order valence-corrected chi connectivity index (χ3v) is 2.67. The molecule has 1 atom stereocenters. The second kappa shape index (κ2) is 6.26. The molecule has 98 valence electrons. The number of nitrogens with one attached hydrogen (secondary N) is 1. The van der Waals surface area contributed by atoms with Gasteiger partial charge in [-0.2, -0.15) is 0 Å². The average Bonchev–Trinajstić information content (AvgIpc) is 2.30. The number of rotatable bonds is 5. The summed E-state index contributed by atoms with van der Waals surface area (Å²) < 4.78 is 5.22. The number of carbonyl (C=O) groups excluding carboxylic acids is 1. The lowest BCUT2D eigenvalue weighted by Gasteiger charge is -2.10. The first-order valence-corrected chi connectivity index (χ1v) is 5.69. The van der Waals surface area contributed by atoms with Crippen molar-refractivity contribution in [3.63, 3.8) is 0 Å². The second-order valence-electron chi connectivity index (χ2n) is 3.83. The molecule has 1 unspecified atom stereocenters. The van der Waals surface area contributed by atoms with E-state index in [-0.39, 0.29) is 6.61 Å². The van der Waals surface area contributed by atoms with Gasteiger partial charge in [-0.05, 0) is 37.6 Å². The van der Waals surface area contributed by atoms with Gasteiger partial charge in [0.2, 0.25) is 0 Å². The lowest BCUT2D eigenvalue weighted by Crippen LogP contribution is -2.40. The molecule has 1 aromatic rings. The number of ether oxygens (including phenoxy) is 1. The molecule has 0 heterocycles. The number of carboxylic acids is 1. The maximum absolute atomic E-state index is 11.4. The molecule has 0 saturated heterocycles. The van der Waals surface area contributed by atoms with Crippen molar-refractivity contribution in [3.05, 3.63) is 28.8 Å². The number of aryl methyl sites for hydroxylation is 1. The first-order chi connectivity index (χ1) is 8.40. The van der Waals surface area contributed by atoms with Gasteiger partial charge in [0, 0.05) is 5.02 Å². The highest BCUT2D eigenvalue weighted by Crippen LogP contribution is 2.20. The zero-order chi connectivity index (χ0) is 13.7. The van der Waals surface area contributed by atoms with Gasteiger partial charge in [0.15, 0.2) is 6.61 Å². The minimum absolute atomic E-state index is 0.237. The van der Waals surface area contributed by atoms with Crippen molar-refractivity contribution in [2.24, 2.45) is 0 Å². The third kappa shape index (κ3) is 4.25. The number of hydrogen-bond donors (Lipinski definition) is 2. The van der Waals surface area contributed by atoms with Gasteiger partial charge in [-0.15, -0.1) is 0 Å². The summed E-state index contributed by atoms with van der Waals surface area (Å²) in [5, 5.41) is 11.5. The molecule has 0 radical (unpaired) electrons. The monoisotopic (exact) mass is 271 g/mol. The van der Waals surface area contributed by atoms with Crippen molar-refractivity contribution < 1.29 is 19.4 Å². The van der Waals surface area contributed by atoms with Crippen molar-refractivity contribution >= 4 is 23.5 Å². The number of hydrogen-bond acceptors (Lipinski definition) is 3. The van der Waals surface area contributed by atoms with E-state index in [1.165, 1.54) is 6.92 Å². The number of carboxylic acid groups (broad SMARTS) is 1. The number of carbonyl (C=O) groups is 2. The maximum Gasteiger partial charge on any atom is 0.325 e. The van der Waals surface area contributed by atoms with E-state index in [1.54, 1.807) is 18.2 Å². The zero-order valence-electron chi connectivity index (χ0n) is 10.1. The highest BCUT2D eigenvalue weighted by molar-refractivity contribution is 6.31. The normalized spacial score (nSPS) is 11.7. The summed E-state index contributed by atoms with van der Waals surface area (Å²) in [5.41, 5.74) is 0.841. The Bertz CT molecular complexity index is 461. The topological polar surface area (TPSA) is 75.6 Å². The van der Waals surface area contributed by atoms with Crippen LogP contribution in [0, 0.1) is 6.92 Å². The summed E-state index contributed by atoms with van der Waals surface area (Å²) in [7, 11) is 0. The summed E-state index contributed by atoms with van der Waals surface area (Å²) in [6.07, 6.45) is 0. The first-order valence-electron chi connectivity index (χ1n) is 5.31. The fourth-order valence-electron chi connectivity index (χ4n) is 1.20. The molecule has 6 heteroatoms. The summed E-state index contributed by atoms with van der Waals surface area (Å²) in [6.45, 7) is 2.97. The van der Waals surface area contributed by atoms with E-state index in [1.807, 2.05) is 6.92 Å². The predicted octanol–water partition coefficient (Wildman–Crippen LogP) is 1.62. The number of amides is 1. The van der Waals surface area contributed by atoms with Crippen molar-refractivity contribution in [1.29, 1.82) is 0 Å². The lowest BCUT2D eigenvalue weighted by molar-refractivity contribution is -0.141. The lowest BCUT2D eigenvalue weighted by atomic mass is 10.2. The van der Waals surface area contributed by atoms with Crippen LogP contribution >= 0.6 is 11.6 Å². The first kappa shape index (κ1) is 14.3. The zero-order valence-corrected chi connectivity index (χ0v) is 10.8. The maximum atomic E-state index is 11.4. The standard InChI is InChI=1S/C12H14ClNO4/c1-7-5-9(3-4-10(7)13)18-6-11(15)14-8(2)12(16)17/h3-5,8H,6H2,1-2H3,(H,14,15)(H,16,17). The van der Waals surface area contributed by atoms with Gasteiger partial charge >= 0.3 is 5.97 Å². The molecule has 5 nitrogen and oxygen atoms in total. The fraction of sp³-hybridized carbons (Fsp3) is 0.333. The molecule has 1 rings (SSSR count). The largest absolute Gasteiger partial charge is 0.484 e. The van der Waals surface area contributed by atoms with E-state index >= 15 is 0 Å². The Labute approximate surface area is 110 Å². The summed E-state index contributed by atoms with van der Waals surface area (Å²) in [6, 6.07) is 4.08. The molecule has 0 bridgehead atoms. The van der Waals surface area contributed by atoms with E-state index < -0.39 is 17.9 Å². The van der Waals surface area contributed by atoms with Crippen molar-refractivity contribution in [2.75, 3.05) is 6.61 Å². The quantitative estimate of drug-likeness (QED) is 0.853. The van der Waals surface area contributed by atoms with Crippen LogP contribution in [-0.2, 0) is 9.59 Å². The predicted molar refractivity (Wildman–Crippen MR) is 66.9 cm³/mol. The van der Waals surface area contributed by atoms with Gasteiger partial charge in [-0.25, -0.2) is 0 Å². The molecule has 0 aliphatic heterocycles. The molecule has 0 aromatic heterocycles. The Morgan fingerprint density at radius 2 is 2.17 bits per heavy atom. The van der Waals surface area contributed by atoms with Gasteiger partial charge in [0.25, 0.3) is 5.91 Å². The SMILES string of the molecule is Cc1cc(OCC(=O)NC(C)C(=O)O)ccc1Cl.